The number of benzene rings is 2. The van der Waals surface area contributed by atoms with Crippen LogP contribution in [-0.4, -0.2) is 43.9 Å². The van der Waals surface area contributed by atoms with Crippen molar-refractivity contribution in [1.29, 1.82) is 0 Å². The number of rotatable bonds is 5. The van der Waals surface area contributed by atoms with Crippen LogP contribution in [0.4, 0.5) is 11.5 Å². The third kappa shape index (κ3) is 3.97. The summed E-state index contributed by atoms with van der Waals surface area (Å²) in [5.41, 5.74) is 2.41. The number of aromatic nitrogens is 4. The molecule has 3 heterocycles. The van der Waals surface area contributed by atoms with E-state index in [2.05, 4.69) is 15.3 Å². The van der Waals surface area contributed by atoms with Gasteiger partial charge in [-0.25, -0.2) is 18.9 Å². The van der Waals surface area contributed by atoms with Gasteiger partial charge in [0.15, 0.2) is 11.6 Å². The van der Waals surface area contributed by atoms with E-state index < -0.39 is 11.6 Å². The molecule has 0 bridgehead atoms. The second kappa shape index (κ2) is 8.50. The standard InChI is InChI=1S/C24H24N6O3/c1-16(31)17-8-7-9-18(14-17)25-21(32)15-29-24(33)30-20-11-4-3-10-19(20)26-22(23(30)27-29)28-12-5-2-6-13-28/h3-4,7-11,14H,2,5-6,12-13,15H2,1H3,(H,25,32). The van der Waals surface area contributed by atoms with Crippen molar-refractivity contribution in [1.82, 2.24) is 19.2 Å². The largest absolute Gasteiger partial charge is 0.353 e. The Morgan fingerprint density at radius 3 is 2.61 bits per heavy atom. The molecule has 2 aromatic heterocycles. The Bertz CT molecular complexity index is 1430. The molecule has 1 fully saturated rings. The molecular formula is C24H24N6O3. The number of anilines is 2. The average Bonchev–Trinajstić information content (AvgIpc) is 3.15. The molecule has 1 amide bonds. The van der Waals surface area contributed by atoms with Gasteiger partial charge in [-0.05, 0) is 50.5 Å². The first kappa shape index (κ1) is 20.9. The first-order valence-corrected chi connectivity index (χ1v) is 11.1. The number of Topliss-reactive ketones (excluding diaryl/α,β-unsaturated/α-hetero) is 1. The summed E-state index contributed by atoms with van der Waals surface area (Å²) >= 11 is 0. The van der Waals surface area contributed by atoms with E-state index in [0.717, 1.165) is 25.9 Å². The highest BCUT2D eigenvalue weighted by Gasteiger charge is 2.22. The summed E-state index contributed by atoms with van der Waals surface area (Å²) in [6.45, 7) is 2.93. The predicted octanol–water partition coefficient (Wildman–Crippen LogP) is 2.88. The topological polar surface area (TPSA) is 102 Å². The Labute approximate surface area is 189 Å². The fourth-order valence-electron chi connectivity index (χ4n) is 4.25. The van der Waals surface area contributed by atoms with Crippen molar-refractivity contribution in [3.05, 3.63) is 64.6 Å². The normalized spacial score (nSPS) is 14.0. The zero-order valence-electron chi connectivity index (χ0n) is 18.3. The van der Waals surface area contributed by atoms with Crippen LogP contribution in [0.3, 0.4) is 0 Å². The first-order valence-electron chi connectivity index (χ1n) is 11.1. The Kier molecular flexibility index (Phi) is 5.37. The fourth-order valence-corrected chi connectivity index (χ4v) is 4.25. The molecule has 168 valence electrons. The van der Waals surface area contributed by atoms with E-state index >= 15 is 0 Å². The summed E-state index contributed by atoms with van der Waals surface area (Å²) in [5.74, 6) is 0.170. The second-order valence-electron chi connectivity index (χ2n) is 8.26. The van der Waals surface area contributed by atoms with Gasteiger partial charge >= 0.3 is 5.69 Å². The Hall–Kier alpha value is -4.01. The van der Waals surface area contributed by atoms with Crippen molar-refractivity contribution < 1.29 is 9.59 Å². The van der Waals surface area contributed by atoms with Crippen LogP contribution in [0.1, 0.15) is 36.5 Å². The third-order valence-electron chi connectivity index (χ3n) is 5.89. The molecule has 0 radical (unpaired) electrons. The third-order valence-corrected chi connectivity index (χ3v) is 5.89. The highest BCUT2D eigenvalue weighted by atomic mass is 16.2. The van der Waals surface area contributed by atoms with Gasteiger partial charge in [0, 0.05) is 24.3 Å². The van der Waals surface area contributed by atoms with Gasteiger partial charge < -0.3 is 10.2 Å². The summed E-state index contributed by atoms with van der Waals surface area (Å²) in [5, 5.41) is 7.26. The number of carbonyl (C=O) groups is 2. The minimum atomic E-state index is -0.405. The Morgan fingerprint density at radius 1 is 1.03 bits per heavy atom. The van der Waals surface area contributed by atoms with E-state index in [9.17, 15) is 14.4 Å². The fraction of sp³-hybridized carbons (Fsp3) is 0.292. The lowest BCUT2D eigenvalue weighted by Gasteiger charge is -2.27. The van der Waals surface area contributed by atoms with Crippen LogP contribution in [0.15, 0.2) is 53.3 Å². The lowest BCUT2D eigenvalue weighted by atomic mass is 10.1. The van der Waals surface area contributed by atoms with Gasteiger partial charge in [-0.1, -0.05) is 24.3 Å². The summed E-state index contributed by atoms with van der Waals surface area (Å²) in [6.07, 6.45) is 3.30. The SMILES string of the molecule is CC(=O)c1cccc(NC(=O)Cn2nc3c(N4CCCCC4)nc4ccccc4n3c2=O)c1. The second-order valence-corrected chi connectivity index (χ2v) is 8.26. The molecule has 33 heavy (non-hydrogen) atoms. The van der Waals surface area contributed by atoms with Gasteiger partial charge in [0.05, 0.1) is 11.0 Å². The lowest BCUT2D eigenvalue weighted by Crippen LogP contribution is -2.31. The van der Waals surface area contributed by atoms with Crippen molar-refractivity contribution >= 4 is 39.9 Å². The lowest BCUT2D eigenvalue weighted by molar-refractivity contribution is -0.117. The smallest absolute Gasteiger partial charge is 0.351 e. The number of para-hydroxylation sites is 2. The van der Waals surface area contributed by atoms with Crippen molar-refractivity contribution in [2.45, 2.75) is 32.7 Å². The van der Waals surface area contributed by atoms with Crippen LogP contribution in [0.2, 0.25) is 0 Å². The molecule has 0 saturated carbocycles. The number of amides is 1. The molecule has 0 atom stereocenters. The molecule has 5 rings (SSSR count). The summed E-state index contributed by atoms with van der Waals surface area (Å²) < 4.78 is 2.71. The van der Waals surface area contributed by atoms with E-state index in [4.69, 9.17) is 4.98 Å². The van der Waals surface area contributed by atoms with Crippen LogP contribution in [0.5, 0.6) is 0 Å². The van der Waals surface area contributed by atoms with E-state index in [1.807, 2.05) is 24.3 Å². The highest BCUT2D eigenvalue weighted by molar-refractivity contribution is 5.97. The monoisotopic (exact) mass is 444 g/mol. The van der Waals surface area contributed by atoms with Gasteiger partial charge in [-0.15, -0.1) is 5.10 Å². The average molecular weight is 444 g/mol. The van der Waals surface area contributed by atoms with Gasteiger partial charge in [-0.3, -0.25) is 9.59 Å². The predicted molar refractivity (Wildman–Crippen MR) is 126 cm³/mol. The number of piperidine rings is 1. The molecule has 1 aliphatic rings. The molecule has 4 aromatic rings. The molecule has 1 aliphatic heterocycles. The van der Waals surface area contributed by atoms with Crippen LogP contribution < -0.4 is 15.9 Å². The minimum Gasteiger partial charge on any atom is -0.353 e. The molecule has 0 aliphatic carbocycles. The Morgan fingerprint density at radius 2 is 1.82 bits per heavy atom. The van der Waals surface area contributed by atoms with Gasteiger partial charge in [0.1, 0.15) is 6.54 Å². The Balaban J connectivity index is 1.52. The molecule has 0 unspecified atom stereocenters. The molecule has 1 N–H and O–H groups in total. The zero-order chi connectivity index (χ0) is 22.9. The molecule has 0 spiro atoms. The summed E-state index contributed by atoms with van der Waals surface area (Å²) in [4.78, 5) is 44.6. The molecule has 9 nitrogen and oxygen atoms in total. The number of carbonyl (C=O) groups excluding carboxylic acids is 2. The zero-order valence-corrected chi connectivity index (χ0v) is 18.3. The minimum absolute atomic E-state index is 0.0905. The van der Waals surface area contributed by atoms with Crippen molar-refractivity contribution in [3.8, 4) is 0 Å². The number of hydrogen-bond acceptors (Lipinski definition) is 6. The molecular weight excluding hydrogens is 420 g/mol. The first-order chi connectivity index (χ1) is 16.0. The van der Waals surface area contributed by atoms with E-state index in [0.29, 0.717) is 33.7 Å². The molecule has 2 aromatic carbocycles. The maximum atomic E-state index is 13.3. The number of hydrogen-bond donors (Lipinski definition) is 1. The van der Waals surface area contributed by atoms with E-state index in [1.54, 1.807) is 24.3 Å². The maximum Gasteiger partial charge on any atom is 0.351 e. The molecule has 1 saturated heterocycles. The quantitative estimate of drug-likeness (QED) is 0.475. The maximum absolute atomic E-state index is 13.3. The van der Waals surface area contributed by atoms with Crippen LogP contribution in [0.25, 0.3) is 16.7 Å². The van der Waals surface area contributed by atoms with Crippen LogP contribution >= 0.6 is 0 Å². The van der Waals surface area contributed by atoms with E-state index in [1.165, 1.54) is 22.4 Å². The number of ketones is 1. The number of nitrogens with one attached hydrogen (secondary N) is 1. The van der Waals surface area contributed by atoms with Crippen LogP contribution in [-0.2, 0) is 11.3 Å². The van der Waals surface area contributed by atoms with Crippen molar-refractivity contribution in [2.75, 3.05) is 23.3 Å². The van der Waals surface area contributed by atoms with Gasteiger partial charge in [0.25, 0.3) is 0 Å². The summed E-state index contributed by atoms with van der Waals surface area (Å²) in [6, 6.07) is 14.1. The van der Waals surface area contributed by atoms with Gasteiger partial charge in [0.2, 0.25) is 11.6 Å². The summed E-state index contributed by atoms with van der Waals surface area (Å²) in [7, 11) is 0. The van der Waals surface area contributed by atoms with Crippen molar-refractivity contribution in [2.24, 2.45) is 0 Å². The van der Waals surface area contributed by atoms with Gasteiger partial charge in [-0.2, -0.15) is 0 Å². The van der Waals surface area contributed by atoms with Crippen LogP contribution in [0, 0.1) is 0 Å². The van der Waals surface area contributed by atoms with Crippen molar-refractivity contribution in [3.63, 3.8) is 0 Å². The number of nitrogens with zero attached hydrogens (tertiary/aromatic N) is 5. The molecule has 9 heteroatoms. The highest BCUT2D eigenvalue weighted by Crippen LogP contribution is 2.25. The number of fused-ring (bicyclic) bond motifs is 3. The van der Waals surface area contributed by atoms with E-state index in [-0.39, 0.29) is 12.3 Å².